The lowest BCUT2D eigenvalue weighted by atomic mass is 9.86. The molecule has 80 valence electrons. The van der Waals surface area contributed by atoms with E-state index in [9.17, 15) is 5.11 Å². The van der Waals surface area contributed by atoms with Crippen LogP contribution in [0, 0.1) is 0 Å². The summed E-state index contributed by atoms with van der Waals surface area (Å²) in [7, 11) is 0. The maximum atomic E-state index is 10.3. The van der Waals surface area contributed by atoms with Gasteiger partial charge in [0.2, 0.25) is 0 Å². The highest BCUT2D eigenvalue weighted by molar-refractivity contribution is 5.24. The van der Waals surface area contributed by atoms with E-state index < -0.39 is 5.60 Å². The Morgan fingerprint density at radius 1 is 1.36 bits per heavy atom. The molecule has 14 heavy (non-hydrogen) atoms. The van der Waals surface area contributed by atoms with E-state index in [4.69, 9.17) is 0 Å². The highest BCUT2D eigenvalue weighted by Crippen LogP contribution is 2.23. The lowest BCUT2D eigenvalue weighted by Gasteiger charge is -2.38. The van der Waals surface area contributed by atoms with E-state index in [0.29, 0.717) is 0 Å². The second kappa shape index (κ2) is 3.87. The van der Waals surface area contributed by atoms with Crippen molar-refractivity contribution in [3.8, 4) is 0 Å². The summed E-state index contributed by atoms with van der Waals surface area (Å²) in [4.78, 5) is 0. The summed E-state index contributed by atoms with van der Waals surface area (Å²) in [5.41, 5.74) is -0.717. The van der Waals surface area contributed by atoms with Crippen molar-refractivity contribution >= 4 is 0 Å². The van der Waals surface area contributed by atoms with Crippen molar-refractivity contribution in [2.75, 3.05) is 0 Å². The van der Waals surface area contributed by atoms with E-state index >= 15 is 0 Å². The summed E-state index contributed by atoms with van der Waals surface area (Å²) in [5, 5.41) is 13.7. The standard InChI is InChI=1S/C12H21NO/c1-5-12(14)9-7-6-8-10(12)13-11(2,3)4/h6-10,13-14H,5H2,1-4H3. The second-order valence-corrected chi connectivity index (χ2v) is 4.96. The van der Waals surface area contributed by atoms with Crippen molar-refractivity contribution in [1.29, 1.82) is 0 Å². The van der Waals surface area contributed by atoms with Crippen LogP contribution in [0.15, 0.2) is 24.3 Å². The van der Waals surface area contributed by atoms with Gasteiger partial charge in [-0.15, -0.1) is 0 Å². The van der Waals surface area contributed by atoms with Gasteiger partial charge in [0.1, 0.15) is 5.60 Å². The molecule has 1 rings (SSSR count). The van der Waals surface area contributed by atoms with Gasteiger partial charge in [-0.1, -0.05) is 31.2 Å². The Bertz CT molecular complexity index is 250. The third-order valence-electron chi connectivity index (χ3n) is 2.49. The van der Waals surface area contributed by atoms with E-state index in [1.807, 2.05) is 31.2 Å². The molecule has 0 saturated heterocycles. The van der Waals surface area contributed by atoms with Crippen molar-refractivity contribution in [1.82, 2.24) is 5.32 Å². The SMILES string of the molecule is CCC1(O)C=CC=CC1NC(C)(C)C. The van der Waals surface area contributed by atoms with E-state index in [1.165, 1.54) is 0 Å². The quantitative estimate of drug-likeness (QED) is 0.706. The molecule has 0 amide bonds. The molecule has 2 atom stereocenters. The van der Waals surface area contributed by atoms with Crippen LogP contribution in [0.3, 0.4) is 0 Å². The van der Waals surface area contributed by atoms with E-state index in [2.05, 4.69) is 26.1 Å². The number of allylic oxidation sites excluding steroid dienone is 2. The minimum atomic E-state index is -0.734. The van der Waals surface area contributed by atoms with Gasteiger partial charge < -0.3 is 10.4 Å². The largest absolute Gasteiger partial charge is 0.384 e. The number of aliphatic hydroxyl groups is 1. The molecule has 2 nitrogen and oxygen atoms in total. The monoisotopic (exact) mass is 195 g/mol. The molecule has 0 aromatic carbocycles. The van der Waals surface area contributed by atoms with Gasteiger partial charge in [0.05, 0.1) is 6.04 Å². The molecule has 1 aliphatic rings. The Balaban J connectivity index is 2.77. The predicted octanol–water partition coefficient (Wildman–Crippen LogP) is 2.01. The van der Waals surface area contributed by atoms with Crippen LogP contribution >= 0.6 is 0 Å². The first-order valence-corrected chi connectivity index (χ1v) is 5.23. The molecule has 0 fully saturated rings. The van der Waals surface area contributed by atoms with Crippen LogP contribution in [-0.4, -0.2) is 22.3 Å². The van der Waals surface area contributed by atoms with Crippen LogP contribution in [-0.2, 0) is 0 Å². The molecule has 2 heteroatoms. The van der Waals surface area contributed by atoms with Gasteiger partial charge in [-0.25, -0.2) is 0 Å². The first-order chi connectivity index (χ1) is 6.37. The molecule has 0 aromatic rings. The Labute approximate surface area is 86.7 Å². The summed E-state index contributed by atoms with van der Waals surface area (Å²) in [6.45, 7) is 8.32. The molecule has 0 aliphatic heterocycles. The molecule has 2 unspecified atom stereocenters. The second-order valence-electron chi connectivity index (χ2n) is 4.96. The fourth-order valence-electron chi connectivity index (χ4n) is 1.65. The van der Waals surface area contributed by atoms with Gasteiger partial charge in [-0.3, -0.25) is 0 Å². The fraction of sp³-hybridized carbons (Fsp3) is 0.667. The third kappa shape index (κ3) is 2.69. The van der Waals surface area contributed by atoms with E-state index in [-0.39, 0.29) is 11.6 Å². The van der Waals surface area contributed by atoms with Crippen LogP contribution in [0.5, 0.6) is 0 Å². The zero-order valence-electron chi connectivity index (χ0n) is 9.54. The molecule has 1 aliphatic carbocycles. The molecule has 0 spiro atoms. The lowest BCUT2D eigenvalue weighted by molar-refractivity contribution is 0.0504. The third-order valence-corrected chi connectivity index (χ3v) is 2.49. The number of hydrogen-bond acceptors (Lipinski definition) is 2. The highest BCUT2D eigenvalue weighted by Gasteiger charge is 2.34. The number of rotatable bonds is 2. The molecule has 0 aromatic heterocycles. The topological polar surface area (TPSA) is 32.3 Å². The van der Waals surface area contributed by atoms with Crippen molar-refractivity contribution in [3.05, 3.63) is 24.3 Å². The zero-order valence-corrected chi connectivity index (χ0v) is 9.54. The summed E-state index contributed by atoms with van der Waals surface area (Å²) in [5.74, 6) is 0. The van der Waals surface area contributed by atoms with Gasteiger partial charge in [-0.2, -0.15) is 0 Å². The highest BCUT2D eigenvalue weighted by atomic mass is 16.3. The van der Waals surface area contributed by atoms with E-state index in [1.54, 1.807) is 0 Å². The minimum Gasteiger partial charge on any atom is -0.384 e. The number of hydrogen-bond donors (Lipinski definition) is 2. The Kier molecular flexibility index (Phi) is 3.17. The van der Waals surface area contributed by atoms with Crippen molar-refractivity contribution in [2.45, 2.75) is 51.3 Å². The Morgan fingerprint density at radius 2 is 2.00 bits per heavy atom. The average Bonchev–Trinajstić information content (AvgIpc) is 2.07. The van der Waals surface area contributed by atoms with E-state index in [0.717, 1.165) is 6.42 Å². The molecule has 0 bridgehead atoms. The van der Waals surface area contributed by atoms with Crippen molar-refractivity contribution in [3.63, 3.8) is 0 Å². The van der Waals surface area contributed by atoms with Crippen molar-refractivity contribution < 1.29 is 5.11 Å². The summed E-state index contributed by atoms with van der Waals surface area (Å²) >= 11 is 0. The molecule has 2 N–H and O–H groups in total. The van der Waals surface area contributed by atoms with Gasteiger partial charge in [0, 0.05) is 5.54 Å². The van der Waals surface area contributed by atoms with Gasteiger partial charge in [-0.05, 0) is 27.2 Å². The lowest BCUT2D eigenvalue weighted by Crippen LogP contribution is -2.55. The van der Waals surface area contributed by atoms with Crippen LogP contribution in [0.1, 0.15) is 34.1 Å². The molecular weight excluding hydrogens is 174 g/mol. The van der Waals surface area contributed by atoms with Gasteiger partial charge >= 0.3 is 0 Å². The molecular formula is C12H21NO. The first-order valence-electron chi connectivity index (χ1n) is 5.23. The average molecular weight is 195 g/mol. The van der Waals surface area contributed by atoms with Crippen LogP contribution in [0.25, 0.3) is 0 Å². The smallest absolute Gasteiger partial charge is 0.102 e. The summed E-state index contributed by atoms with van der Waals surface area (Å²) in [6, 6.07) is 0.0116. The zero-order chi connectivity index (χ0) is 10.8. The minimum absolute atomic E-state index is 0.0116. The number of nitrogens with one attached hydrogen (secondary N) is 1. The van der Waals surface area contributed by atoms with Gasteiger partial charge in [0.15, 0.2) is 0 Å². The molecule has 0 saturated carbocycles. The fourth-order valence-corrected chi connectivity index (χ4v) is 1.65. The van der Waals surface area contributed by atoms with Crippen molar-refractivity contribution in [2.24, 2.45) is 0 Å². The molecule has 0 heterocycles. The van der Waals surface area contributed by atoms with Gasteiger partial charge in [0.25, 0.3) is 0 Å². The van der Waals surface area contributed by atoms with Crippen LogP contribution < -0.4 is 5.32 Å². The van der Waals surface area contributed by atoms with Crippen LogP contribution in [0.2, 0.25) is 0 Å². The van der Waals surface area contributed by atoms with Crippen LogP contribution in [0.4, 0.5) is 0 Å². The first kappa shape index (κ1) is 11.5. The summed E-state index contributed by atoms with van der Waals surface area (Å²) < 4.78 is 0. The Morgan fingerprint density at radius 3 is 2.50 bits per heavy atom. The maximum Gasteiger partial charge on any atom is 0.102 e. The normalized spacial score (nSPS) is 32.2. The predicted molar refractivity (Wildman–Crippen MR) is 60.2 cm³/mol. The Hall–Kier alpha value is -0.600. The maximum absolute atomic E-state index is 10.3. The summed E-state index contributed by atoms with van der Waals surface area (Å²) in [6.07, 6.45) is 8.50. The molecule has 0 radical (unpaired) electrons.